The second-order valence-electron chi connectivity index (χ2n) is 2.39. The number of benzene rings is 1. The van der Waals surface area contributed by atoms with Crippen LogP contribution in [-0.4, -0.2) is 15.1 Å². The van der Waals surface area contributed by atoms with Gasteiger partial charge in [0.2, 0.25) is 0 Å². The van der Waals surface area contributed by atoms with E-state index >= 15 is 0 Å². The molecule has 0 spiro atoms. The van der Waals surface area contributed by atoms with Crippen LogP contribution < -0.4 is 4.74 Å². The Kier molecular flexibility index (Phi) is 3.58. The zero-order valence-corrected chi connectivity index (χ0v) is 8.49. The molecule has 1 atom stereocenters. The highest BCUT2D eigenvalue weighted by Crippen LogP contribution is 2.30. The monoisotopic (exact) mass is 260 g/mol. The molecular formula is C7H4ClF3O3S. The van der Waals surface area contributed by atoms with Crippen molar-refractivity contribution >= 4 is 22.7 Å². The molecule has 1 aromatic carbocycles. The predicted molar refractivity (Wildman–Crippen MR) is 47.2 cm³/mol. The van der Waals surface area contributed by atoms with Crippen molar-refractivity contribution < 1.29 is 26.7 Å². The third-order valence-electron chi connectivity index (χ3n) is 1.32. The van der Waals surface area contributed by atoms with Gasteiger partial charge in [-0.2, -0.15) is 0 Å². The lowest BCUT2D eigenvalue weighted by molar-refractivity contribution is -0.275. The van der Waals surface area contributed by atoms with Crippen molar-refractivity contribution in [2.45, 2.75) is 11.3 Å². The van der Waals surface area contributed by atoms with E-state index in [0.717, 1.165) is 12.1 Å². The third-order valence-corrected chi connectivity index (χ3v) is 2.27. The van der Waals surface area contributed by atoms with Gasteiger partial charge in [-0.25, -0.2) is 4.21 Å². The molecule has 1 aromatic rings. The van der Waals surface area contributed by atoms with E-state index in [1.54, 1.807) is 0 Å². The fourth-order valence-corrected chi connectivity index (χ4v) is 1.45. The lowest BCUT2D eigenvalue weighted by Crippen LogP contribution is -2.18. The van der Waals surface area contributed by atoms with Gasteiger partial charge in [-0.3, -0.25) is 0 Å². The van der Waals surface area contributed by atoms with Gasteiger partial charge in [-0.15, -0.1) is 13.2 Å². The van der Waals surface area contributed by atoms with Crippen LogP contribution in [0.25, 0.3) is 0 Å². The Bertz CT molecular complexity index is 394. The molecular weight excluding hydrogens is 257 g/mol. The topological polar surface area (TPSA) is 46.5 Å². The first-order valence-electron chi connectivity index (χ1n) is 3.46. The molecule has 0 amide bonds. The summed E-state index contributed by atoms with van der Waals surface area (Å²) in [7, 11) is 0. The minimum atomic E-state index is -4.93. The third kappa shape index (κ3) is 3.69. The molecule has 15 heavy (non-hydrogen) atoms. The number of rotatable bonds is 2. The van der Waals surface area contributed by atoms with Crippen molar-refractivity contribution in [3.8, 4) is 5.75 Å². The lowest BCUT2D eigenvalue weighted by Gasteiger charge is -2.11. The minimum absolute atomic E-state index is 0.0246. The first-order chi connectivity index (χ1) is 6.79. The van der Waals surface area contributed by atoms with Crippen molar-refractivity contribution in [2.75, 3.05) is 0 Å². The maximum absolute atomic E-state index is 11.9. The molecule has 3 nitrogen and oxygen atoms in total. The average Bonchev–Trinajstić information content (AvgIpc) is 1.99. The minimum Gasteiger partial charge on any atom is -0.404 e. The number of hydrogen-bond donors (Lipinski definition) is 1. The van der Waals surface area contributed by atoms with E-state index in [4.69, 9.17) is 16.2 Å². The van der Waals surface area contributed by atoms with Gasteiger partial charge < -0.3 is 9.29 Å². The molecule has 0 heterocycles. The van der Waals surface area contributed by atoms with Crippen LogP contribution in [-0.2, 0) is 11.1 Å². The van der Waals surface area contributed by atoms with Crippen molar-refractivity contribution in [2.24, 2.45) is 0 Å². The van der Waals surface area contributed by atoms with Gasteiger partial charge in [0.25, 0.3) is 0 Å². The number of halogens is 4. The molecule has 0 saturated carbocycles. The van der Waals surface area contributed by atoms with Crippen LogP contribution in [0.3, 0.4) is 0 Å². The Labute approximate surface area is 90.1 Å². The largest absolute Gasteiger partial charge is 0.573 e. The van der Waals surface area contributed by atoms with Gasteiger partial charge in [-0.05, 0) is 12.1 Å². The SMILES string of the molecule is O=S(O)c1ccc(Cl)cc1OC(F)(F)F. The van der Waals surface area contributed by atoms with Crippen LogP contribution >= 0.6 is 11.6 Å². The molecule has 0 fully saturated rings. The molecule has 1 unspecified atom stereocenters. The van der Waals surface area contributed by atoms with Gasteiger partial charge in [-0.1, -0.05) is 11.6 Å². The molecule has 0 bridgehead atoms. The Morgan fingerprint density at radius 3 is 2.47 bits per heavy atom. The predicted octanol–water partition coefficient (Wildman–Crippen LogP) is 2.82. The van der Waals surface area contributed by atoms with Crippen LogP contribution in [0, 0.1) is 0 Å². The summed E-state index contributed by atoms with van der Waals surface area (Å²) in [4.78, 5) is -0.489. The van der Waals surface area contributed by atoms with E-state index in [2.05, 4.69) is 4.74 Å². The van der Waals surface area contributed by atoms with Gasteiger partial charge in [0.05, 0.1) is 0 Å². The van der Waals surface area contributed by atoms with Crippen molar-refractivity contribution in [1.29, 1.82) is 0 Å². The molecule has 1 rings (SSSR count). The highest BCUT2D eigenvalue weighted by atomic mass is 35.5. The second kappa shape index (κ2) is 4.38. The van der Waals surface area contributed by atoms with Gasteiger partial charge in [0, 0.05) is 11.1 Å². The molecule has 8 heteroatoms. The Morgan fingerprint density at radius 2 is 2.00 bits per heavy atom. The number of hydrogen-bond acceptors (Lipinski definition) is 2. The molecule has 0 aliphatic carbocycles. The Balaban J connectivity index is 3.13. The van der Waals surface area contributed by atoms with E-state index in [0.29, 0.717) is 0 Å². The highest BCUT2D eigenvalue weighted by molar-refractivity contribution is 7.79. The van der Waals surface area contributed by atoms with Gasteiger partial charge >= 0.3 is 6.36 Å². The highest BCUT2D eigenvalue weighted by Gasteiger charge is 2.32. The zero-order valence-electron chi connectivity index (χ0n) is 6.92. The van der Waals surface area contributed by atoms with Crippen LogP contribution in [0.5, 0.6) is 5.75 Å². The molecule has 0 aliphatic heterocycles. The Hall–Kier alpha value is -0.790. The number of alkyl halides is 3. The quantitative estimate of drug-likeness (QED) is 0.832. The summed E-state index contributed by atoms with van der Waals surface area (Å²) in [6.07, 6.45) is -4.93. The van der Waals surface area contributed by atoms with Crippen molar-refractivity contribution in [3.63, 3.8) is 0 Å². The van der Waals surface area contributed by atoms with E-state index in [1.807, 2.05) is 0 Å². The van der Waals surface area contributed by atoms with Gasteiger partial charge in [0.15, 0.2) is 11.1 Å². The van der Waals surface area contributed by atoms with Crippen LogP contribution in [0.2, 0.25) is 5.02 Å². The van der Waals surface area contributed by atoms with E-state index < -0.39 is 28.1 Å². The normalized spacial score (nSPS) is 13.7. The summed E-state index contributed by atoms with van der Waals surface area (Å²) >= 11 is 2.86. The second-order valence-corrected chi connectivity index (χ2v) is 3.76. The molecule has 0 saturated heterocycles. The van der Waals surface area contributed by atoms with E-state index in [9.17, 15) is 17.4 Å². The summed E-state index contributed by atoms with van der Waals surface area (Å²) in [6.45, 7) is 0. The molecule has 84 valence electrons. The van der Waals surface area contributed by atoms with Crippen LogP contribution in [0.15, 0.2) is 23.1 Å². The van der Waals surface area contributed by atoms with Crippen LogP contribution in [0.4, 0.5) is 13.2 Å². The summed E-state index contributed by atoms with van der Waals surface area (Å²) in [6, 6.07) is 2.99. The summed E-state index contributed by atoms with van der Waals surface area (Å²) in [5.41, 5.74) is 0. The lowest BCUT2D eigenvalue weighted by atomic mass is 10.3. The van der Waals surface area contributed by atoms with E-state index in [1.165, 1.54) is 6.07 Å². The average molecular weight is 261 g/mol. The zero-order chi connectivity index (χ0) is 11.6. The first kappa shape index (κ1) is 12.3. The maximum Gasteiger partial charge on any atom is 0.573 e. The molecule has 1 N–H and O–H groups in total. The molecule has 0 aromatic heterocycles. The van der Waals surface area contributed by atoms with E-state index in [-0.39, 0.29) is 5.02 Å². The van der Waals surface area contributed by atoms with Gasteiger partial charge in [0.1, 0.15) is 10.6 Å². The molecule has 0 radical (unpaired) electrons. The van der Waals surface area contributed by atoms with Crippen molar-refractivity contribution in [1.82, 2.24) is 0 Å². The number of ether oxygens (including phenoxy) is 1. The summed E-state index contributed by atoms with van der Waals surface area (Å²) in [5, 5.41) is -0.0246. The fraction of sp³-hybridized carbons (Fsp3) is 0.143. The standard InChI is InChI=1S/C7H4ClF3O3S/c8-4-1-2-6(15(12)13)5(3-4)14-7(9,10)11/h1-3H,(H,12,13). The fourth-order valence-electron chi connectivity index (χ4n) is 0.831. The first-order valence-corrected chi connectivity index (χ1v) is 4.94. The molecule has 0 aliphatic rings. The summed E-state index contributed by atoms with van der Waals surface area (Å²) < 4.78 is 58.5. The van der Waals surface area contributed by atoms with Crippen molar-refractivity contribution in [3.05, 3.63) is 23.2 Å². The Morgan fingerprint density at radius 1 is 1.40 bits per heavy atom. The summed E-state index contributed by atoms with van der Waals surface area (Å²) in [5.74, 6) is -0.782. The van der Waals surface area contributed by atoms with Crippen LogP contribution in [0.1, 0.15) is 0 Å². The smallest absolute Gasteiger partial charge is 0.404 e. The maximum atomic E-state index is 11.9.